The van der Waals surface area contributed by atoms with E-state index in [0.29, 0.717) is 5.92 Å². The second-order valence-corrected chi connectivity index (χ2v) is 5.34. The van der Waals surface area contributed by atoms with Gasteiger partial charge in [-0.05, 0) is 31.6 Å². The number of rotatable bonds is 3. The molecule has 1 saturated carbocycles. The molecule has 0 aromatic carbocycles. The van der Waals surface area contributed by atoms with E-state index < -0.39 is 0 Å². The van der Waals surface area contributed by atoms with E-state index in [2.05, 4.69) is 5.32 Å². The summed E-state index contributed by atoms with van der Waals surface area (Å²) in [5.74, 6) is 0.835. The fraction of sp³-hybridized carbons (Fsp3) is 0.923. The number of nitrogens with one attached hydrogen (secondary N) is 1. The predicted octanol–water partition coefficient (Wildman–Crippen LogP) is 1.05. The molecule has 4 nitrogen and oxygen atoms in total. The highest BCUT2D eigenvalue weighted by Crippen LogP contribution is 2.22. The van der Waals surface area contributed by atoms with Crippen molar-refractivity contribution in [2.24, 2.45) is 17.6 Å². The number of ether oxygens (including phenoxy) is 1. The predicted molar refractivity (Wildman–Crippen MR) is 66.5 cm³/mol. The summed E-state index contributed by atoms with van der Waals surface area (Å²) in [5, 5.41) is 3.08. The van der Waals surface area contributed by atoms with Crippen molar-refractivity contribution in [2.75, 3.05) is 19.8 Å². The summed E-state index contributed by atoms with van der Waals surface area (Å²) in [6, 6.07) is 0.277. The van der Waals surface area contributed by atoms with Crippen LogP contribution in [-0.2, 0) is 9.53 Å². The number of nitrogens with two attached hydrogens (primary N) is 1. The molecule has 0 bridgehead atoms. The highest BCUT2D eigenvalue weighted by atomic mass is 16.5. The third kappa shape index (κ3) is 3.68. The summed E-state index contributed by atoms with van der Waals surface area (Å²) in [5.41, 5.74) is 6.07. The van der Waals surface area contributed by atoms with Gasteiger partial charge in [-0.15, -0.1) is 0 Å². The van der Waals surface area contributed by atoms with Gasteiger partial charge >= 0.3 is 0 Å². The first-order chi connectivity index (χ1) is 8.27. The average Bonchev–Trinajstić information content (AvgIpc) is 2.38. The Hall–Kier alpha value is -0.610. The van der Waals surface area contributed by atoms with Crippen LogP contribution >= 0.6 is 0 Å². The highest BCUT2D eigenvalue weighted by molar-refractivity contribution is 5.78. The summed E-state index contributed by atoms with van der Waals surface area (Å²) in [7, 11) is 0. The minimum Gasteiger partial charge on any atom is -0.381 e. The van der Waals surface area contributed by atoms with E-state index in [-0.39, 0.29) is 17.9 Å². The smallest absolute Gasteiger partial charge is 0.223 e. The summed E-state index contributed by atoms with van der Waals surface area (Å²) in [4.78, 5) is 11.9. The van der Waals surface area contributed by atoms with Crippen LogP contribution in [0, 0.1) is 11.8 Å². The van der Waals surface area contributed by atoms with Gasteiger partial charge in [0.05, 0.1) is 0 Å². The molecule has 98 valence electrons. The van der Waals surface area contributed by atoms with Crippen molar-refractivity contribution in [3.63, 3.8) is 0 Å². The van der Waals surface area contributed by atoms with Gasteiger partial charge in [-0.1, -0.05) is 12.8 Å². The van der Waals surface area contributed by atoms with Crippen LogP contribution < -0.4 is 11.1 Å². The van der Waals surface area contributed by atoms with Gasteiger partial charge < -0.3 is 15.8 Å². The third-order valence-corrected chi connectivity index (χ3v) is 4.10. The molecule has 1 aliphatic carbocycles. The van der Waals surface area contributed by atoms with Gasteiger partial charge in [0.2, 0.25) is 5.91 Å². The van der Waals surface area contributed by atoms with Crippen molar-refractivity contribution < 1.29 is 9.53 Å². The fourth-order valence-corrected chi connectivity index (χ4v) is 2.83. The lowest BCUT2D eigenvalue weighted by Crippen LogP contribution is -2.43. The maximum absolute atomic E-state index is 11.9. The van der Waals surface area contributed by atoms with Crippen molar-refractivity contribution in [2.45, 2.75) is 44.6 Å². The Morgan fingerprint density at radius 2 is 1.88 bits per heavy atom. The Balaban J connectivity index is 1.71. The minimum absolute atomic E-state index is 0.156. The molecular formula is C13H24N2O2. The van der Waals surface area contributed by atoms with Crippen molar-refractivity contribution in [3.05, 3.63) is 0 Å². The van der Waals surface area contributed by atoms with Crippen molar-refractivity contribution >= 4 is 5.91 Å². The summed E-state index contributed by atoms with van der Waals surface area (Å²) < 4.78 is 5.26. The molecule has 2 fully saturated rings. The van der Waals surface area contributed by atoms with Crippen LogP contribution in [0.15, 0.2) is 0 Å². The molecule has 17 heavy (non-hydrogen) atoms. The Morgan fingerprint density at radius 3 is 2.59 bits per heavy atom. The van der Waals surface area contributed by atoms with E-state index in [1.54, 1.807) is 0 Å². The maximum Gasteiger partial charge on any atom is 0.223 e. The van der Waals surface area contributed by atoms with Gasteiger partial charge in [0, 0.05) is 31.7 Å². The van der Waals surface area contributed by atoms with E-state index in [1.165, 1.54) is 12.8 Å². The molecule has 1 saturated heterocycles. The number of carbonyl (C=O) groups is 1. The molecule has 4 heteroatoms. The largest absolute Gasteiger partial charge is 0.381 e. The highest BCUT2D eigenvalue weighted by Gasteiger charge is 2.25. The molecule has 0 radical (unpaired) electrons. The lowest BCUT2D eigenvalue weighted by molar-refractivity contribution is -0.128. The first kappa shape index (κ1) is 12.8. The molecule has 0 aromatic rings. The monoisotopic (exact) mass is 240 g/mol. The molecule has 2 aliphatic rings. The normalized spacial score (nSPS) is 31.1. The van der Waals surface area contributed by atoms with E-state index in [0.717, 1.165) is 45.4 Å². The number of amides is 1. The zero-order valence-corrected chi connectivity index (χ0v) is 10.5. The summed E-state index contributed by atoms with van der Waals surface area (Å²) in [6.45, 7) is 2.21. The van der Waals surface area contributed by atoms with Gasteiger partial charge in [0.15, 0.2) is 0 Å². The summed E-state index contributed by atoms with van der Waals surface area (Å²) in [6.07, 6.45) is 6.50. The SMILES string of the molecule is NC1CCCCC1CNC(=O)C1CCOCC1. The Bertz CT molecular complexity index is 252. The second-order valence-electron chi connectivity index (χ2n) is 5.34. The van der Waals surface area contributed by atoms with Crippen LogP contribution in [0.1, 0.15) is 38.5 Å². The van der Waals surface area contributed by atoms with Crippen molar-refractivity contribution in [1.29, 1.82) is 0 Å². The van der Waals surface area contributed by atoms with Crippen molar-refractivity contribution in [3.8, 4) is 0 Å². The average molecular weight is 240 g/mol. The van der Waals surface area contributed by atoms with Gasteiger partial charge in [0.25, 0.3) is 0 Å². The zero-order chi connectivity index (χ0) is 12.1. The maximum atomic E-state index is 11.9. The molecule has 2 atom stereocenters. The third-order valence-electron chi connectivity index (χ3n) is 4.10. The van der Waals surface area contributed by atoms with Gasteiger partial charge in [-0.3, -0.25) is 4.79 Å². The molecular weight excluding hydrogens is 216 g/mol. The summed E-state index contributed by atoms with van der Waals surface area (Å²) >= 11 is 0. The Labute approximate surface area is 103 Å². The van der Waals surface area contributed by atoms with E-state index in [9.17, 15) is 4.79 Å². The molecule has 2 rings (SSSR count). The van der Waals surface area contributed by atoms with Crippen LogP contribution in [0.3, 0.4) is 0 Å². The molecule has 0 aromatic heterocycles. The van der Waals surface area contributed by atoms with Gasteiger partial charge in [-0.2, -0.15) is 0 Å². The van der Waals surface area contributed by atoms with E-state index in [4.69, 9.17) is 10.5 Å². The van der Waals surface area contributed by atoms with Crippen LogP contribution in [0.2, 0.25) is 0 Å². The molecule has 1 amide bonds. The Kier molecular flexibility index (Phi) is 4.80. The van der Waals surface area contributed by atoms with Gasteiger partial charge in [0.1, 0.15) is 0 Å². The van der Waals surface area contributed by atoms with Crippen molar-refractivity contribution in [1.82, 2.24) is 5.32 Å². The van der Waals surface area contributed by atoms with Crippen LogP contribution in [-0.4, -0.2) is 31.7 Å². The lowest BCUT2D eigenvalue weighted by Gasteiger charge is -2.29. The molecule has 1 aliphatic heterocycles. The lowest BCUT2D eigenvalue weighted by atomic mass is 9.85. The van der Waals surface area contributed by atoms with Gasteiger partial charge in [-0.25, -0.2) is 0 Å². The first-order valence-electron chi connectivity index (χ1n) is 6.88. The molecule has 3 N–H and O–H groups in total. The van der Waals surface area contributed by atoms with E-state index >= 15 is 0 Å². The second kappa shape index (κ2) is 6.36. The topological polar surface area (TPSA) is 64.3 Å². The molecule has 1 heterocycles. The number of hydrogen-bond acceptors (Lipinski definition) is 3. The molecule has 0 spiro atoms. The standard InChI is InChI=1S/C13H24N2O2/c14-12-4-2-1-3-11(12)9-15-13(16)10-5-7-17-8-6-10/h10-12H,1-9,14H2,(H,15,16). The van der Waals surface area contributed by atoms with Crippen LogP contribution in [0.5, 0.6) is 0 Å². The quantitative estimate of drug-likeness (QED) is 0.775. The Morgan fingerprint density at radius 1 is 1.18 bits per heavy atom. The molecule has 2 unspecified atom stereocenters. The van der Waals surface area contributed by atoms with E-state index in [1.807, 2.05) is 0 Å². The number of carbonyl (C=O) groups excluding carboxylic acids is 1. The first-order valence-corrected chi connectivity index (χ1v) is 6.88. The van der Waals surface area contributed by atoms with Crippen LogP contribution in [0.25, 0.3) is 0 Å². The minimum atomic E-state index is 0.156. The van der Waals surface area contributed by atoms with Crippen LogP contribution in [0.4, 0.5) is 0 Å². The zero-order valence-electron chi connectivity index (χ0n) is 10.5. The number of hydrogen-bond donors (Lipinski definition) is 2. The fourth-order valence-electron chi connectivity index (χ4n) is 2.83.